The van der Waals surface area contributed by atoms with Crippen LogP contribution in [0.2, 0.25) is 0 Å². The summed E-state index contributed by atoms with van der Waals surface area (Å²) in [7, 11) is 6.12. The highest BCUT2D eigenvalue weighted by Gasteiger charge is 2.14. The SMILES string of the molecule is COc1cccc2c3ccccc3n(CC[NH+](C)C)c12.O=C([O-])C(=O)O. The van der Waals surface area contributed by atoms with Gasteiger partial charge in [0.2, 0.25) is 0 Å². The molecule has 138 valence electrons. The number of rotatable bonds is 4. The number of carbonyl (C=O) groups is 2. The number of para-hydroxylation sites is 2. The molecule has 0 aliphatic rings. The highest BCUT2D eigenvalue weighted by Crippen LogP contribution is 2.34. The van der Waals surface area contributed by atoms with Gasteiger partial charge in [0.1, 0.15) is 5.75 Å². The molecular weight excluding hydrogens is 336 g/mol. The van der Waals surface area contributed by atoms with Crippen LogP contribution in [0, 0.1) is 0 Å². The fourth-order valence-electron chi connectivity index (χ4n) is 2.81. The number of benzene rings is 2. The van der Waals surface area contributed by atoms with Crippen LogP contribution in [0.1, 0.15) is 0 Å². The van der Waals surface area contributed by atoms with Crippen molar-refractivity contribution in [3.05, 3.63) is 42.5 Å². The number of methoxy groups -OCH3 is 1. The van der Waals surface area contributed by atoms with Gasteiger partial charge in [0.25, 0.3) is 0 Å². The molecule has 7 heteroatoms. The van der Waals surface area contributed by atoms with Gasteiger partial charge in [-0.2, -0.15) is 0 Å². The number of hydrogen-bond acceptors (Lipinski definition) is 4. The van der Waals surface area contributed by atoms with Crippen LogP contribution in [0.5, 0.6) is 5.75 Å². The van der Waals surface area contributed by atoms with E-state index in [2.05, 4.69) is 55.1 Å². The monoisotopic (exact) mass is 358 g/mol. The van der Waals surface area contributed by atoms with E-state index in [4.69, 9.17) is 24.5 Å². The maximum Gasteiger partial charge on any atom is 0.351 e. The summed E-state index contributed by atoms with van der Waals surface area (Å²) in [5.41, 5.74) is 2.49. The lowest BCUT2D eigenvalue weighted by atomic mass is 10.1. The zero-order valence-electron chi connectivity index (χ0n) is 15.0. The van der Waals surface area contributed by atoms with Crippen LogP contribution in [0.25, 0.3) is 21.8 Å². The van der Waals surface area contributed by atoms with Gasteiger partial charge in [-0.1, -0.05) is 30.3 Å². The van der Waals surface area contributed by atoms with Crippen molar-refractivity contribution < 1.29 is 29.4 Å². The zero-order valence-corrected chi connectivity index (χ0v) is 15.0. The van der Waals surface area contributed by atoms with Crippen LogP contribution in [-0.4, -0.2) is 49.4 Å². The van der Waals surface area contributed by atoms with Gasteiger partial charge in [-0.25, -0.2) is 4.79 Å². The Labute approximate surface area is 151 Å². The Morgan fingerprint density at radius 3 is 2.31 bits per heavy atom. The van der Waals surface area contributed by atoms with E-state index >= 15 is 0 Å². The Hall–Kier alpha value is -3.06. The van der Waals surface area contributed by atoms with Crippen molar-refractivity contribution in [3.8, 4) is 5.75 Å². The van der Waals surface area contributed by atoms with Crippen molar-refractivity contribution in [1.29, 1.82) is 0 Å². The average molecular weight is 358 g/mol. The van der Waals surface area contributed by atoms with E-state index in [9.17, 15) is 0 Å². The van der Waals surface area contributed by atoms with Crippen LogP contribution < -0.4 is 14.7 Å². The smallest absolute Gasteiger partial charge is 0.351 e. The van der Waals surface area contributed by atoms with Gasteiger partial charge < -0.3 is 29.2 Å². The van der Waals surface area contributed by atoms with Crippen LogP contribution in [0.3, 0.4) is 0 Å². The molecule has 1 aromatic heterocycles. The molecule has 0 spiro atoms. The third kappa shape index (κ3) is 4.12. The van der Waals surface area contributed by atoms with Gasteiger partial charge in [0.05, 0.1) is 39.8 Å². The van der Waals surface area contributed by atoms with Crippen LogP contribution in [0.4, 0.5) is 0 Å². The molecule has 7 nitrogen and oxygen atoms in total. The van der Waals surface area contributed by atoms with E-state index in [0.717, 1.165) is 18.8 Å². The van der Waals surface area contributed by atoms with Crippen molar-refractivity contribution in [3.63, 3.8) is 0 Å². The minimum absolute atomic E-state index is 0.951. The molecule has 3 rings (SSSR count). The van der Waals surface area contributed by atoms with Gasteiger partial charge in [0, 0.05) is 16.3 Å². The summed E-state index contributed by atoms with van der Waals surface area (Å²) in [4.78, 5) is 19.5. The molecule has 0 radical (unpaired) electrons. The molecule has 1 heterocycles. The molecule has 2 aromatic carbocycles. The summed E-state index contributed by atoms with van der Waals surface area (Å²) in [6, 6.07) is 14.9. The van der Waals surface area contributed by atoms with Crippen molar-refractivity contribution in [1.82, 2.24) is 4.57 Å². The van der Waals surface area contributed by atoms with Crippen molar-refractivity contribution in [2.24, 2.45) is 0 Å². The second-order valence-corrected chi connectivity index (χ2v) is 6.07. The Morgan fingerprint density at radius 2 is 1.73 bits per heavy atom. The first-order valence-electron chi connectivity index (χ1n) is 8.14. The lowest BCUT2D eigenvalue weighted by molar-refractivity contribution is -0.858. The van der Waals surface area contributed by atoms with E-state index in [1.54, 1.807) is 7.11 Å². The molecule has 3 aromatic rings. The zero-order chi connectivity index (χ0) is 19.3. The molecule has 0 saturated carbocycles. The minimum atomic E-state index is -2.07. The van der Waals surface area contributed by atoms with Crippen molar-refractivity contribution >= 4 is 33.7 Å². The number of nitrogens with zero attached hydrogens (tertiary/aromatic N) is 1. The first-order chi connectivity index (χ1) is 12.4. The number of ether oxygens (including phenoxy) is 1. The largest absolute Gasteiger partial charge is 0.539 e. The third-order valence-electron chi connectivity index (χ3n) is 3.98. The molecule has 0 saturated heterocycles. The van der Waals surface area contributed by atoms with Crippen molar-refractivity contribution in [2.75, 3.05) is 27.7 Å². The Bertz CT molecular complexity index is 918. The van der Waals surface area contributed by atoms with E-state index in [1.807, 2.05) is 6.07 Å². The predicted molar refractivity (Wildman–Crippen MR) is 96.3 cm³/mol. The fourth-order valence-corrected chi connectivity index (χ4v) is 2.81. The topological polar surface area (TPSA) is 96.0 Å². The Kier molecular flexibility index (Phi) is 6.19. The minimum Gasteiger partial charge on any atom is -0.539 e. The molecule has 2 N–H and O–H groups in total. The summed E-state index contributed by atoms with van der Waals surface area (Å²) < 4.78 is 7.96. The number of carbonyl (C=O) groups excluding carboxylic acids is 1. The van der Waals surface area contributed by atoms with Gasteiger partial charge in [-0.3, -0.25) is 0 Å². The fraction of sp³-hybridized carbons (Fsp3) is 0.263. The van der Waals surface area contributed by atoms with Gasteiger partial charge in [-0.05, 0) is 12.1 Å². The lowest BCUT2D eigenvalue weighted by Gasteiger charge is -2.12. The molecule has 0 amide bonds. The first kappa shape index (κ1) is 19.3. The molecule has 0 unspecified atom stereocenters. The van der Waals surface area contributed by atoms with Gasteiger partial charge in [-0.15, -0.1) is 0 Å². The first-order valence-corrected chi connectivity index (χ1v) is 8.14. The number of hydrogen-bond donors (Lipinski definition) is 2. The van der Waals surface area contributed by atoms with Crippen LogP contribution >= 0.6 is 0 Å². The summed E-state index contributed by atoms with van der Waals surface area (Å²) in [5, 5.41) is 18.9. The number of carboxylic acid groups (broad SMARTS) is 2. The van der Waals surface area contributed by atoms with Crippen LogP contribution in [-0.2, 0) is 16.1 Å². The highest BCUT2D eigenvalue weighted by molar-refractivity contribution is 6.26. The van der Waals surface area contributed by atoms with E-state index in [-0.39, 0.29) is 0 Å². The summed E-state index contributed by atoms with van der Waals surface area (Å²) in [6.45, 7) is 2.08. The lowest BCUT2D eigenvalue weighted by Crippen LogP contribution is -3.06. The van der Waals surface area contributed by atoms with E-state index in [1.165, 1.54) is 26.7 Å². The second-order valence-electron chi connectivity index (χ2n) is 6.07. The maximum absolute atomic E-state index is 9.04. The predicted octanol–water partition coefficient (Wildman–Crippen LogP) is -0.231. The molecule has 26 heavy (non-hydrogen) atoms. The number of likely N-dealkylation sites (N-methyl/N-ethyl adjacent to an activating group) is 1. The normalized spacial score (nSPS) is 10.6. The number of fused-ring (bicyclic) bond motifs is 3. The molecule has 0 atom stereocenters. The molecule has 0 fully saturated rings. The molecule has 0 aliphatic carbocycles. The second kappa shape index (κ2) is 8.35. The maximum atomic E-state index is 9.04. The van der Waals surface area contributed by atoms with Gasteiger partial charge >= 0.3 is 5.97 Å². The molecule has 0 aliphatic heterocycles. The molecule has 0 bridgehead atoms. The van der Waals surface area contributed by atoms with Crippen LogP contribution in [0.15, 0.2) is 42.5 Å². The van der Waals surface area contributed by atoms with Gasteiger partial charge in [0.15, 0.2) is 5.97 Å². The Balaban J connectivity index is 0.000000352. The number of nitrogens with one attached hydrogen (secondary N) is 1. The van der Waals surface area contributed by atoms with E-state index in [0.29, 0.717) is 0 Å². The number of quaternary nitrogens is 1. The highest BCUT2D eigenvalue weighted by atomic mass is 16.5. The van der Waals surface area contributed by atoms with E-state index < -0.39 is 11.9 Å². The number of carboxylic acids is 2. The van der Waals surface area contributed by atoms with Crippen molar-refractivity contribution in [2.45, 2.75) is 6.54 Å². The standard InChI is InChI=1S/C17H20N2O.C2H2O4/c1-18(2)11-12-19-15-9-5-4-7-13(15)14-8-6-10-16(20-3)17(14)19;3-1(4)2(5)6/h4-10H,11-12H2,1-3H3;(H,3,4)(H,5,6). The summed E-state index contributed by atoms with van der Waals surface area (Å²) >= 11 is 0. The number of aromatic nitrogens is 1. The Morgan fingerprint density at radius 1 is 1.12 bits per heavy atom. The third-order valence-corrected chi connectivity index (χ3v) is 3.98. The quantitative estimate of drug-likeness (QED) is 0.628. The number of aliphatic carboxylic acids is 2. The summed E-state index contributed by atoms with van der Waals surface area (Å²) in [6.07, 6.45) is 0. The average Bonchev–Trinajstić information content (AvgIpc) is 2.94. The molecular formula is C19H22N2O5. The summed E-state index contributed by atoms with van der Waals surface area (Å²) in [5.74, 6) is -3.06.